The first kappa shape index (κ1) is 11.5. The van der Waals surface area contributed by atoms with Gasteiger partial charge in [-0.15, -0.1) is 0 Å². The fraction of sp³-hybridized carbons (Fsp3) is 0.0833. The van der Waals surface area contributed by atoms with Crippen molar-refractivity contribution < 1.29 is 9.90 Å². The molecule has 2 aromatic rings. The zero-order valence-corrected chi connectivity index (χ0v) is 9.77. The van der Waals surface area contributed by atoms with E-state index in [1.165, 1.54) is 6.20 Å². The van der Waals surface area contributed by atoms with Crippen LogP contribution in [-0.2, 0) is 0 Å². The van der Waals surface area contributed by atoms with E-state index in [0.717, 1.165) is 11.1 Å². The molecule has 86 valence electrons. The van der Waals surface area contributed by atoms with Crippen LogP contribution < -0.4 is 0 Å². The lowest BCUT2D eigenvalue weighted by Gasteiger charge is -2.06. The van der Waals surface area contributed by atoms with Gasteiger partial charge in [0.15, 0.2) is 0 Å². The third-order valence-electron chi connectivity index (χ3n) is 2.37. The molecule has 1 N–H and O–H groups in total. The quantitative estimate of drug-likeness (QED) is 0.888. The monoisotopic (exact) mass is 248 g/mol. The lowest BCUT2D eigenvalue weighted by atomic mass is 10.0. The van der Waals surface area contributed by atoms with E-state index in [0.29, 0.717) is 5.69 Å². The van der Waals surface area contributed by atoms with Crippen molar-refractivity contribution in [2.75, 3.05) is 0 Å². The Labute approximate surface area is 103 Å². The molecule has 0 radical (unpaired) electrons. The number of carboxylic acid groups (broad SMARTS) is 1. The van der Waals surface area contributed by atoms with Crippen LogP contribution in [0.4, 0.5) is 0 Å². The van der Waals surface area contributed by atoms with Gasteiger partial charge in [-0.3, -0.25) is 4.98 Å². The van der Waals surface area contributed by atoms with Gasteiger partial charge < -0.3 is 5.11 Å². The van der Waals surface area contributed by atoms with Crippen molar-refractivity contribution in [2.24, 2.45) is 0 Å². The average molecular weight is 249 g/mol. The van der Waals surface area contributed by atoms with Crippen LogP contribution in [0.3, 0.4) is 0 Å². The van der Waals surface area contributed by atoms with Crippen LogP contribution in [0.5, 0.6) is 0 Å². The summed E-state index contributed by atoms with van der Waals surface area (Å²) in [5.41, 5.74) is 2.43. The van der Waals surface area contributed by atoms with Gasteiger partial charge >= 0.3 is 5.97 Å². The maximum Gasteiger partial charge on any atom is 0.335 e. The molecule has 1 aromatic carbocycles. The molecule has 2 rings (SSSR count). The van der Waals surface area contributed by atoms with Gasteiger partial charge in [-0.25, -0.2) is 9.78 Å². The molecular formula is C12H9ClN2O2. The smallest absolute Gasteiger partial charge is 0.335 e. The Morgan fingerprint density at radius 3 is 2.76 bits per heavy atom. The first-order valence-corrected chi connectivity index (χ1v) is 5.27. The molecule has 0 saturated heterocycles. The molecule has 0 spiro atoms. The Morgan fingerprint density at radius 1 is 1.35 bits per heavy atom. The predicted molar refractivity (Wildman–Crippen MR) is 64.2 cm³/mol. The second kappa shape index (κ2) is 4.51. The molecule has 0 bridgehead atoms. The molecule has 1 heterocycles. The Balaban J connectivity index is 2.58. The number of aryl methyl sites for hydroxylation is 1. The Morgan fingerprint density at radius 2 is 2.12 bits per heavy atom. The minimum Gasteiger partial charge on any atom is -0.478 e. The van der Waals surface area contributed by atoms with Gasteiger partial charge in [0.1, 0.15) is 5.15 Å². The van der Waals surface area contributed by atoms with E-state index >= 15 is 0 Å². The van der Waals surface area contributed by atoms with Crippen molar-refractivity contribution in [1.29, 1.82) is 0 Å². The summed E-state index contributed by atoms with van der Waals surface area (Å²) < 4.78 is 0. The van der Waals surface area contributed by atoms with Gasteiger partial charge in [0.25, 0.3) is 0 Å². The largest absolute Gasteiger partial charge is 0.478 e. The topological polar surface area (TPSA) is 63.1 Å². The van der Waals surface area contributed by atoms with E-state index in [1.54, 1.807) is 24.4 Å². The standard InChI is InChI=1S/C12H9ClN2O2/c1-7-2-3-8(12(16)17)4-9(7)10-5-14-6-11(13)15-10/h2-6H,1H3,(H,16,17). The van der Waals surface area contributed by atoms with E-state index in [-0.39, 0.29) is 10.7 Å². The third kappa shape index (κ3) is 2.42. The molecule has 5 heteroatoms. The molecule has 4 nitrogen and oxygen atoms in total. The minimum atomic E-state index is -0.971. The van der Waals surface area contributed by atoms with Gasteiger partial charge in [-0.1, -0.05) is 17.7 Å². The van der Waals surface area contributed by atoms with Crippen LogP contribution in [0, 0.1) is 6.92 Å². The fourth-order valence-corrected chi connectivity index (χ4v) is 1.65. The SMILES string of the molecule is Cc1ccc(C(=O)O)cc1-c1cncc(Cl)n1. The number of benzene rings is 1. The number of rotatable bonds is 2. The van der Waals surface area contributed by atoms with E-state index in [2.05, 4.69) is 9.97 Å². The number of nitrogens with zero attached hydrogens (tertiary/aromatic N) is 2. The van der Waals surface area contributed by atoms with Crippen LogP contribution >= 0.6 is 11.6 Å². The zero-order valence-electron chi connectivity index (χ0n) is 9.01. The molecule has 0 fully saturated rings. The van der Waals surface area contributed by atoms with E-state index in [4.69, 9.17) is 16.7 Å². The van der Waals surface area contributed by atoms with E-state index < -0.39 is 5.97 Å². The molecule has 0 aliphatic rings. The summed E-state index contributed by atoms with van der Waals surface area (Å²) in [6.45, 7) is 1.88. The number of halogens is 1. The van der Waals surface area contributed by atoms with Crippen molar-refractivity contribution in [1.82, 2.24) is 9.97 Å². The molecular weight excluding hydrogens is 240 g/mol. The molecule has 1 aromatic heterocycles. The van der Waals surface area contributed by atoms with Crippen LogP contribution in [0.15, 0.2) is 30.6 Å². The van der Waals surface area contributed by atoms with E-state index in [9.17, 15) is 4.79 Å². The van der Waals surface area contributed by atoms with Crippen LogP contribution in [0.25, 0.3) is 11.3 Å². The van der Waals surface area contributed by atoms with Crippen LogP contribution in [0.2, 0.25) is 5.15 Å². The predicted octanol–water partition coefficient (Wildman–Crippen LogP) is 2.80. The lowest BCUT2D eigenvalue weighted by Crippen LogP contribution is -1.98. The Bertz CT molecular complexity index is 584. The summed E-state index contributed by atoms with van der Waals surface area (Å²) >= 11 is 5.76. The van der Waals surface area contributed by atoms with Crippen molar-refractivity contribution in [3.63, 3.8) is 0 Å². The molecule has 0 unspecified atom stereocenters. The molecule has 0 aliphatic heterocycles. The van der Waals surface area contributed by atoms with Gasteiger partial charge in [-0.05, 0) is 24.6 Å². The fourth-order valence-electron chi connectivity index (χ4n) is 1.50. The normalized spacial score (nSPS) is 10.2. The molecule has 0 saturated carbocycles. The first-order valence-electron chi connectivity index (χ1n) is 4.90. The molecule has 0 aliphatic carbocycles. The second-order valence-electron chi connectivity index (χ2n) is 3.56. The summed E-state index contributed by atoms with van der Waals surface area (Å²) in [6.07, 6.45) is 2.99. The highest BCUT2D eigenvalue weighted by Gasteiger charge is 2.09. The summed E-state index contributed by atoms with van der Waals surface area (Å²) in [5.74, 6) is -0.971. The number of aromatic carboxylic acids is 1. The molecule has 0 amide bonds. The lowest BCUT2D eigenvalue weighted by molar-refractivity contribution is 0.0697. The molecule has 0 atom stereocenters. The first-order chi connectivity index (χ1) is 8.08. The van der Waals surface area contributed by atoms with Gasteiger partial charge in [0, 0.05) is 5.56 Å². The highest BCUT2D eigenvalue weighted by atomic mass is 35.5. The second-order valence-corrected chi connectivity index (χ2v) is 3.95. The summed E-state index contributed by atoms with van der Waals surface area (Å²) in [5, 5.41) is 9.22. The number of hydrogen-bond acceptors (Lipinski definition) is 3. The zero-order chi connectivity index (χ0) is 12.4. The number of aromatic nitrogens is 2. The summed E-state index contributed by atoms with van der Waals surface area (Å²) in [4.78, 5) is 18.9. The van der Waals surface area contributed by atoms with Crippen LogP contribution in [-0.4, -0.2) is 21.0 Å². The van der Waals surface area contributed by atoms with Gasteiger partial charge in [-0.2, -0.15) is 0 Å². The van der Waals surface area contributed by atoms with Crippen molar-refractivity contribution in [3.05, 3.63) is 46.9 Å². The Kier molecular flexibility index (Phi) is 3.06. The number of hydrogen-bond donors (Lipinski definition) is 1. The van der Waals surface area contributed by atoms with Crippen molar-refractivity contribution in [2.45, 2.75) is 6.92 Å². The number of carbonyl (C=O) groups is 1. The number of carboxylic acids is 1. The maximum absolute atomic E-state index is 10.9. The summed E-state index contributed by atoms with van der Waals surface area (Å²) in [7, 11) is 0. The van der Waals surface area contributed by atoms with Gasteiger partial charge in [0.2, 0.25) is 0 Å². The average Bonchev–Trinajstić information content (AvgIpc) is 2.29. The highest BCUT2D eigenvalue weighted by Crippen LogP contribution is 2.23. The van der Waals surface area contributed by atoms with Crippen LogP contribution in [0.1, 0.15) is 15.9 Å². The minimum absolute atomic E-state index is 0.215. The molecule has 17 heavy (non-hydrogen) atoms. The Hall–Kier alpha value is -1.94. The van der Waals surface area contributed by atoms with Gasteiger partial charge in [0.05, 0.1) is 23.7 Å². The summed E-state index contributed by atoms with van der Waals surface area (Å²) in [6, 6.07) is 4.86. The third-order valence-corrected chi connectivity index (χ3v) is 2.55. The van der Waals surface area contributed by atoms with Crippen molar-refractivity contribution in [3.8, 4) is 11.3 Å². The maximum atomic E-state index is 10.9. The highest BCUT2D eigenvalue weighted by molar-refractivity contribution is 6.29. The van der Waals surface area contributed by atoms with Crippen molar-refractivity contribution >= 4 is 17.6 Å². The van der Waals surface area contributed by atoms with E-state index in [1.807, 2.05) is 6.92 Å².